The van der Waals surface area contributed by atoms with Crippen molar-refractivity contribution < 1.29 is 18.1 Å². The molecular formula is C22H20ClN3O5S. The average molecular weight is 474 g/mol. The summed E-state index contributed by atoms with van der Waals surface area (Å²) in [5.74, 6) is -0.604. The van der Waals surface area contributed by atoms with Gasteiger partial charge in [-0.15, -0.1) is 0 Å². The number of hydrogen-bond donors (Lipinski definition) is 1. The summed E-state index contributed by atoms with van der Waals surface area (Å²) in [5.41, 5.74) is 0.801. The first-order valence-corrected chi connectivity index (χ1v) is 11.4. The van der Waals surface area contributed by atoms with Crippen LogP contribution in [0, 0.1) is 17.0 Å². The van der Waals surface area contributed by atoms with Gasteiger partial charge in [0.1, 0.15) is 4.90 Å². The molecular weight excluding hydrogens is 454 g/mol. The molecule has 0 fully saturated rings. The Kier molecular flexibility index (Phi) is 6.81. The fraction of sp³-hybridized carbons (Fsp3) is 0.136. The molecule has 0 spiro atoms. The third kappa shape index (κ3) is 4.58. The highest BCUT2D eigenvalue weighted by atomic mass is 35.5. The molecule has 3 aromatic rings. The minimum atomic E-state index is -4.02. The molecule has 0 unspecified atom stereocenters. The number of carbonyl (C=O) groups is 1. The number of nitrogens with one attached hydrogen (secondary N) is 1. The van der Waals surface area contributed by atoms with Crippen LogP contribution in [0.3, 0.4) is 0 Å². The normalized spacial score (nSPS) is 11.1. The lowest BCUT2D eigenvalue weighted by atomic mass is 10.1. The summed E-state index contributed by atoms with van der Waals surface area (Å²) < 4.78 is 27.9. The first-order chi connectivity index (χ1) is 15.2. The van der Waals surface area contributed by atoms with Crippen LogP contribution < -0.4 is 9.62 Å². The van der Waals surface area contributed by atoms with E-state index in [1.54, 1.807) is 37.3 Å². The minimum absolute atomic E-state index is 0.00362. The number of anilines is 2. The Balaban J connectivity index is 1.97. The van der Waals surface area contributed by atoms with Crippen LogP contribution in [0.15, 0.2) is 71.6 Å². The van der Waals surface area contributed by atoms with Gasteiger partial charge < -0.3 is 5.32 Å². The van der Waals surface area contributed by atoms with Crippen molar-refractivity contribution in [1.29, 1.82) is 0 Å². The van der Waals surface area contributed by atoms with E-state index in [2.05, 4.69) is 5.32 Å². The molecule has 10 heteroatoms. The molecule has 0 aliphatic rings. The lowest BCUT2D eigenvalue weighted by Gasteiger charge is -2.23. The van der Waals surface area contributed by atoms with Gasteiger partial charge in [0.15, 0.2) is 0 Å². The fourth-order valence-electron chi connectivity index (χ4n) is 3.25. The number of carbonyl (C=O) groups excluding carboxylic acids is 1. The van der Waals surface area contributed by atoms with E-state index in [1.165, 1.54) is 47.6 Å². The number of hydrogen-bond acceptors (Lipinski definition) is 5. The Morgan fingerprint density at radius 1 is 1.09 bits per heavy atom. The molecule has 3 aromatic carbocycles. The van der Waals surface area contributed by atoms with Gasteiger partial charge in [0, 0.05) is 29.4 Å². The highest BCUT2D eigenvalue weighted by Crippen LogP contribution is 2.31. The standard InChI is InChI=1S/C22H20ClN3O5S/c1-3-25(17-8-5-4-6-9-17)32(30,31)21-14-16(12-13-19(21)23)24-22(27)18-10-7-11-20(15(18)2)26(28)29/h4-14H,3H2,1-2H3,(H,24,27). The van der Waals surface area contributed by atoms with E-state index in [1.807, 2.05) is 0 Å². The van der Waals surface area contributed by atoms with Crippen LogP contribution >= 0.6 is 11.6 Å². The Morgan fingerprint density at radius 3 is 2.41 bits per heavy atom. The van der Waals surface area contributed by atoms with Crippen LogP contribution in [0.5, 0.6) is 0 Å². The molecule has 0 saturated heterocycles. The number of para-hydroxylation sites is 1. The van der Waals surface area contributed by atoms with Crippen molar-refractivity contribution >= 4 is 44.6 Å². The van der Waals surface area contributed by atoms with Gasteiger partial charge in [-0.1, -0.05) is 35.9 Å². The van der Waals surface area contributed by atoms with E-state index in [0.29, 0.717) is 5.69 Å². The molecule has 0 atom stereocenters. The highest BCUT2D eigenvalue weighted by Gasteiger charge is 2.27. The first kappa shape index (κ1) is 23.2. The van der Waals surface area contributed by atoms with E-state index < -0.39 is 20.9 Å². The van der Waals surface area contributed by atoms with Gasteiger partial charge in [-0.25, -0.2) is 8.42 Å². The maximum Gasteiger partial charge on any atom is 0.273 e. The number of sulfonamides is 1. The van der Waals surface area contributed by atoms with Crippen LogP contribution in [-0.2, 0) is 10.0 Å². The van der Waals surface area contributed by atoms with E-state index in [4.69, 9.17) is 11.6 Å². The molecule has 0 radical (unpaired) electrons. The topological polar surface area (TPSA) is 110 Å². The average Bonchev–Trinajstić information content (AvgIpc) is 2.76. The van der Waals surface area contributed by atoms with Gasteiger partial charge in [0.05, 0.1) is 15.6 Å². The summed E-state index contributed by atoms with van der Waals surface area (Å²) in [4.78, 5) is 23.1. The fourth-order valence-corrected chi connectivity index (χ4v) is 5.23. The summed E-state index contributed by atoms with van der Waals surface area (Å²) in [5, 5.41) is 13.7. The summed E-state index contributed by atoms with van der Waals surface area (Å²) in [6, 6.07) is 16.9. The van der Waals surface area contributed by atoms with Crippen molar-refractivity contribution in [2.24, 2.45) is 0 Å². The molecule has 1 N–H and O–H groups in total. The zero-order valence-electron chi connectivity index (χ0n) is 17.3. The molecule has 3 rings (SSSR count). The number of nitrogens with zero attached hydrogens (tertiary/aromatic N) is 2. The maximum absolute atomic E-state index is 13.3. The highest BCUT2D eigenvalue weighted by molar-refractivity contribution is 7.93. The van der Waals surface area contributed by atoms with Gasteiger partial charge in [0.2, 0.25) is 0 Å². The Labute approximate surface area is 190 Å². The molecule has 0 aliphatic carbocycles. The summed E-state index contributed by atoms with van der Waals surface area (Å²) in [7, 11) is -4.02. The number of amides is 1. The second-order valence-corrected chi connectivity index (χ2v) is 9.05. The van der Waals surface area contributed by atoms with Crippen LogP contribution in [0.25, 0.3) is 0 Å². The maximum atomic E-state index is 13.3. The largest absolute Gasteiger partial charge is 0.322 e. The molecule has 0 aromatic heterocycles. The number of benzene rings is 3. The molecule has 0 bridgehead atoms. The summed E-state index contributed by atoms with van der Waals surface area (Å²) >= 11 is 6.21. The predicted octanol–water partition coefficient (Wildman–Crippen LogP) is 5.02. The molecule has 166 valence electrons. The molecule has 0 heterocycles. The zero-order valence-corrected chi connectivity index (χ0v) is 18.9. The Bertz CT molecular complexity index is 1280. The van der Waals surface area contributed by atoms with Crippen LogP contribution in [0.1, 0.15) is 22.8 Å². The van der Waals surface area contributed by atoms with Crippen LogP contribution in [0.4, 0.5) is 17.1 Å². The predicted molar refractivity (Wildman–Crippen MR) is 124 cm³/mol. The van der Waals surface area contributed by atoms with E-state index in [0.717, 1.165) is 0 Å². The molecule has 1 amide bonds. The molecule has 32 heavy (non-hydrogen) atoms. The second kappa shape index (κ2) is 9.37. The van der Waals surface area contributed by atoms with Crippen molar-refractivity contribution in [1.82, 2.24) is 0 Å². The zero-order chi connectivity index (χ0) is 23.5. The van der Waals surface area contributed by atoms with Gasteiger partial charge >= 0.3 is 0 Å². The monoisotopic (exact) mass is 473 g/mol. The summed E-state index contributed by atoms with van der Waals surface area (Å²) in [6.45, 7) is 3.35. The van der Waals surface area contributed by atoms with Crippen molar-refractivity contribution in [2.45, 2.75) is 18.7 Å². The number of halogens is 1. The van der Waals surface area contributed by atoms with Crippen LogP contribution in [-0.4, -0.2) is 25.8 Å². The van der Waals surface area contributed by atoms with Gasteiger partial charge in [-0.05, 0) is 50.2 Å². The Morgan fingerprint density at radius 2 is 1.78 bits per heavy atom. The Hall–Kier alpha value is -3.43. The quantitative estimate of drug-likeness (QED) is 0.382. The van der Waals surface area contributed by atoms with Crippen molar-refractivity contribution in [3.8, 4) is 0 Å². The van der Waals surface area contributed by atoms with Crippen molar-refractivity contribution in [3.63, 3.8) is 0 Å². The van der Waals surface area contributed by atoms with E-state index in [-0.39, 0.29) is 39.0 Å². The lowest BCUT2D eigenvalue weighted by molar-refractivity contribution is -0.385. The summed E-state index contributed by atoms with van der Waals surface area (Å²) in [6.07, 6.45) is 0. The number of nitro benzene ring substituents is 1. The van der Waals surface area contributed by atoms with Gasteiger partial charge in [-0.2, -0.15) is 0 Å². The first-order valence-electron chi connectivity index (χ1n) is 9.59. The number of rotatable bonds is 7. The lowest BCUT2D eigenvalue weighted by Crippen LogP contribution is -2.31. The minimum Gasteiger partial charge on any atom is -0.322 e. The van der Waals surface area contributed by atoms with Crippen molar-refractivity contribution in [2.75, 3.05) is 16.2 Å². The van der Waals surface area contributed by atoms with Crippen molar-refractivity contribution in [3.05, 3.63) is 93.0 Å². The van der Waals surface area contributed by atoms with E-state index >= 15 is 0 Å². The van der Waals surface area contributed by atoms with Gasteiger partial charge in [-0.3, -0.25) is 19.2 Å². The second-order valence-electron chi connectivity index (χ2n) is 6.81. The van der Waals surface area contributed by atoms with E-state index in [9.17, 15) is 23.3 Å². The smallest absolute Gasteiger partial charge is 0.273 e. The van der Waals surface area contributed by atoms with Gasteiger partial charge in [0.25, 0.3) is 21.6 Å². The number of nitro groups is 1. The molecule has 8 nitrogen and oxygen atoms in total. The SMILES string of the molecule is CCN(c1ccccc1)S(=O)(=O)c1cc(NC(=O)c2cccc([N+](=O)[O-])c2C)ccc1Cl. The van der Waals surface area contributed by atoms with Crippen LogP contribution in [0.2, 0.25) is 5.02 Å². The molecule has 0 saturated carbocycles. The molecule has 0 aliphatic heterocycles. The third-order valence-electron chi connectivity index (χ3n) is 4.84. The third-order valence-corrected chi connectivity index (χ3v) is 7.22.